The van der Waals surface area contributed by atoms with Crippen LogP contribution in [0.25, 0.3) is 0 Å². The number of sulfonamides is 1. The lowest BCUT2D eigenvalue weighted by Gasteiger charge is -2.36. The van der Waals surface area contributed by atoms with Crippen LogP contribution < -0.4 is 5.32 Å². The Bertz CT molecular complexity index is 864. The number of benzene rings is 2. The quantitative estimate of drug-likeness (QED) is 0.894. The normalized spacial score (nSPS) is 21.3. The Labute approximate surface area is 155 Å². The first-order chi connectivity index (χ1) is 12.4. The summed E-state index contributed by atoms with van der Waals surface area (Å²) in [5, 5.41) is 2.65. The highest BCUT2D eigenvalue weighted by Gasteiger charge is 2.33. The molecule has 2 unspecified atom stereocenters. The lowest BCUT2D eigenvalue weighted by molar-refractivity contribution is -0.114. The van der Waals surface area contributed by atoms with E-state index in [1.807, 2.05) is 18.2 Å². The highest BCUT2D eigenvalue weighted by atomic mass is 32.2. The number of nitrogens with one attached hydrogen (secondary N) is 1. The second kappa shape index (κ2) is 7.60. The van der Waals surface area contributed by atoms with Crippen LogP contribution in [0.3, 0.4) is 0 Å². The third-order valence-corrected chi connectivity index (χ3v) is 6.56. The van der Waals surface area contributed by atoms with Gasteiger partial charge in [-0.15, -0.1) is 0 Å². The summed E-state index contributed by atoms with van der Waals surface area (Å²) >= 11 is 0. The van der Waals surface area contributed by atoms with E-state index in [2.05, 4.69) is 24.4 Å². The molecule has 26 heavy (non-hydrogen) atoms. The van der Waals surface area contributed by atoms with E-state index in [4.69, 9.17) is 0 Å². The van der Waals surface area contributed by atoms with Crippen molar-refractivity contribution in [1.82, 2.24) is 4.31 Å². The molecule has 6 heteroatoms. The van der Waals surface area contributed by atoms with Gasteiger partial charge in [-0.2, -0.15) is 4.31 Å². The minimum Gasteiger partial charge on any atom is -0.326 e. The Morgan fingerprint density at radius 2 is 1.69 bits per heavy atom. The number of carbonyl (C=O) groups is 1. The van der Waals surface area contributed by atoms with Gasteiger partial charge in [-0.25, -0.2) is 8.42 Å². The summed E-state index contributed by atoms with van der Waals surface area (Å²) in [4.78, 5) is 11.4. The van der Waals surface area contributed by atoms with Gasteiger partial charge in [0.2, 0.25) is 15.9 Å². The molecule has 1 heterocycles. The van der Waals surface area contributed by atoms with Gasteiger partial charge in [0.15, 0.2) is 0 Å². The maximum absolute atomic E-state index is 13.1. The van der Waals surface area contributed by atoms with E-state index in [0.717, 1.165) is 6.42 Å². The van der Waals surface area contributed by atoms with Crippen LogP contribution in [0.15, 0.2) is 59.5 Å². The lowest BCUT2D eigenvalue weighted by Crippen LogP contribution is -2.42. The van der Waals surface area contributed by atoms with Crippen molar-refractivity contribution in [3.05, 3.63) is 60.2 Å². The first-order valence-corrected chi connectivity index (χ1v) is 10.2. The molecule has 1 saturated heterocycles. The maximum Gasteiger partial charge on any atom is 0.243 e. The predicted octanol–water partition coefficient (Wildman–Crippen LogP) is 3.46. The lowest BCUT2D eigenvalue weighted by atomic mass is 9.86. The summed E-state index contributed by atoms with van der Waals surface area (Å²) in [6.07, 6.45) is 0.984. The average molecular weight is 372 g/mol. The number of hydrogen-bond acceptors (Lipinski definition) is 3. The van der Waals surface area contributed by atoms with E-state index >= 15 is 0 Å². The van der Waals surface area contributed by atoms with Gasteiger partial charge < -0.3 is 5.32 Å². The van der Waals surface area contributed by atoms with Gasteiger partial charge in [0.05, 0.1) is 4.90 Å². The van der Waals surface area contributed by atoms with E-state index in [0.29, 0.717) is 24.7 Å². The molecule has 2 aromatic carbocycles. The van der Waals surface area contributed by atoms with Gasteiger partial charge in [0, 0.05) is 25.7 Å². The molecule has 0 bridgehead atoms. The third-order valence-electron chi connectivity index (χ3n) is 4.71. The first kappa shape index (κ1) is 18.6. The van der Waals surface area contributed by atoms with Crippen LogP contribution in [-0.4, -0.2) is 31.7 Å². The molecule has 0 saturated carbocycles. The maximum atomic E-state index is 13.1. The number of hydrogen-bond donors (Lipinski definition) is 1. The Kier molecular flexibility index (Phi) is 5.44. The molecule has 1 fully saturated rings. The van der Waals surface area contributed by atoms with E-state index in [1.54, 1.807) is 28.6 Å². The minimum absolute atomic E-state index is 0.184. The summed E-state index contributed by atoms with van der Waals surface area (Å²) < 4.78 is 27.8. The summed E-state index contributed by atoms with van der Waals surface area (Å²) in [6.45, 7) is 4.53. The average Bonchev–Trinajstić information content (AvgIpc) is 2.62. The standard InChI is InChI=1S/C20H24N2O3S/c1-15-12-18(17-6-4-3-5-7-17)14-22(13-15)26(24,25)20-10-8-19(9-11-20)21-16(2)23/h3-11,15,18H,12-14H2,1-2H3,(H,21,23). The smallest absolute Gasteiger partial charge is 0.243 e. The molecule has 0 aromatic heterocycles. The second-order valence-electron chi connectivity index (χ2n) is 6.98. The molecule has 0 radical (unpaired) electrons. The van der Waals surface area contributed by atoms with Crippen LogP contribution in [0.4, 0.5) is 5.69 Å². The van der Waals surface area contributed by atoms with E-state index in [1.165, 1.54) is 12.5 Å². The van der Waals surface area contributed by atoms with Crippen molar-refractivity contribution in [2.75, 3.05) is 18.4 Å². The molecule has 2 aromatic rings. The van der Waals surface area contributed by atoms with Gasteiger partial charge in [-0.05, 0) is 48.1 Å². The Morgan fingerprint density at radius 3 is 2.31 bits per heavy atom. The zero-order valence-electron chi connectivity index (χ0n) is 15.1. The molecular formula is C20H24N2O3S. The van der Waals surface area contributed by atoms with Crippen molar-refractivity contribution in [3.8, 4) is 0 Å². The van der Waals surface area contributed by atoms with Gasteiger partial charge in [0.25, 0.3) is 0 Å². The number of carbonyl (C=O) groups excluding carboxylic acids is 1. The summed E-state index contributed by atoms with van der Waals surface area (Å²) in [7, 11) is -3.56. The van der Waals surface area contributed by atoms with Gasteiger partial charge in [-0.1, -0.05) is 37.3 Å². The fraction of sp³-hybridized carbons (Fsp3) is 0.350. The zero-order valence-corrected chi connectivity index (χ0v) is 15.9. The topological polar surface area (TPSA) is 66.5 Å². The highest BCUT2D eigenvalue weighted by molar-refractivity contribution is 7.89. The number of nitrogens with zero attached hydrogens (tertiary/aromatic N) is 1. The van der Waals surface area contributed by atoms with Crippen molar-refractivity contribution in [2.45, 2.75) is 31.1 Å². The predicted molar refractivity (Wildman–Crippen MR) is 102 cm³/mol. The summed E-state index contributed by atoms with van der Waals surface area (Å²) in [6, 6.07) is 16.4. The van der Waals surface area contributed by atoms with Gasteiger partial charge in [0.1, 0.15) is 0 Å². The molecular weight excluding hydrogens is 348 g/mol. The summed E-state index contributed by atoms with van der Waals surface area (Å²) in [5.74, 6) is 0.312. The Hall–Kier alpha value is -2.18. The number of rotatable bonds is 4. The van der Waals surface area contributed by atoms with E-state index in [9.17, 15) is 13.2 Å². The number of anilines is 1. The van der Waals surface area contributed by atoms with E-state index < -0.39 is 10.0 Å². The Balaban J connectivity index is 1.82. The molecule has 0 aliphatic carbocycles. The van der Waals surface area contributed by atoms with Crippen molar-refractivity contribution >= 4 is 21.6 Å². The first-order valence-electron chi connectivity index (χ1n) is 8.79. The SMILES string of the molecule is CC(=O)Nc1ccc(S(=O)(=O)N2CC(C)CC(c3ccccc3)C2)cc1. The molecule has 1 aliphatic rings. The monoisotopic (exact) mass is 372 g/mol. The van der Waals surface area contributed by atoms with Crippen LogP contribution in [0.1, 0.15) is 31.7 Å². The fourth-order valence-electron chi connectivity index (χ4n) is 3.53. The molecule has 1 amide bonds. The van der Waals surface area contributed by atoms with Crippen LogP contribution in [-0.2, 0) is 14.8 Å². The van der Waals surface area contributed by atoms with Crippen molar-refractivity contribution in [1.29, 1.82) is 0 Å². The Morgan fingerprint density at radius 1 is 1.04 bits per heavy atom. The zero-order chi connectivity index (χ0) is 18.7. The van der Waals surface area contributed by atoms with Crippen LogP contribution in [0.5, 0.6) is 0 Å². The molecule has 3 rings (SSSR count). The summed E-state index contributed by atoms with van der Waals surface area (Å²) in [5.41, 5.74) is 1.77. The highest BCUT2D eigenvalue weighted by Crippen LogP contribution is 2.33. The largest absolute Gasteiger partial charge is 0.326 e. The molecule has 2 atom stereocenters. The van der Waals surface area contributed by atoms with Gasteiger partial charge in [-0.3, -0.25) is 4.79 Å². The van der Waals surface area contributed by atoms with Crippen LogP contribution >= 0.6 is 0 Å². The minimum atomic E-state index is -3.56. The molecule has 5 nitrogen and oxygen atoms in total. The molecule has 0 spiro atoms. The van der Waals surface area contributed by atoms with Crippen molar-refractivity contribution in [3.63, 3.8) is 0 Å². The van der Waals surface area contributed by atoms with Crippen molar-refractivity contribution < 1.29 is 13.2 Å². The van der Waals surface area contributed by atoms with Crippen LogP contribution in [0.2, 0.25) is 0 Å². The van der Waals surface area contributed by atoms with E-state index in [-0.39, 0.29) is 16.7 Å². The molecule has 138 valence electrons. The number of piperidine rings is 1. The molecule has 1 aliphatic heterocycles. The molecule has 1 N–H and O–H groups in total. The van der Waals surface area contributed by atoms with Crippen LogP contribution in [0, 0.1) is 5.92 Å². The van der Waals surface area contributed by atoms with Gasteiger partial charge >= 0.3 is 0 Å². The fourth-order valence-corrected chi connectivity index (χ4v) is 5.13. The number of amides is 1. The second-order valence-corrected chi connectivity index (χ2v) is 8.91. The van der Waals surface area contributed by atoms with Crippen molar-refractivity contribution in [2.24, 2.45) is 5.92 Å². The third kappa shape index (κ3) is 4.14.